The van der Waals surface area contributed by atoms with E-state index in [1.807, 2.05) is 7.05 Å². The van der Waals surface area contributed by atoms with Crippen LogP contribution in [0.1, 0.15) is 58.3 Å². The summed E-state index contributed by atoms with van der Waals surface area (Å²) < 4.78 is 11.3. The molecule has 0 aromatic carbocycles. The topological polar surface area (TPSA) is 58.1 Å². The summed E-state index contributed by atoms with van der Waals surface area (Å²) in [4.78, 5) is 7.04. The van der Waals surface area contributed by atoms with Crippen molar-refractivity contribution >= 4 is 5.96 Å². The van der Waals surface area contributed by atoms with Crippen molar-refractivity contribution in [1.29, 1.82) is 0 Å². The summed E-state index contributed by atoms with van der Waals surface area (Å²) in [5, 5.41) is 7.46. The minimum atomic E-state index is 0.329. The van der Waals surface area contributed by atoms with Gasteiger partial charge in [-0.2, -0.15) is 0 Å². The summed E-state index contributed by atoms with van der Waals surface area (Å²) in [5.74, 6) is 0.982. The first-order chi connectivity index (χ1) is 13.2. The maximum absolute atomic E-state index is 6.09. The van der Waals surface area contributed by atoms with Crippen molar-refractivity contribution in [1.82, 2.24) is 15.5 Å². The van der Waals surface area contributed by atoms with Crippen LogP contribution in [0.4, 0.5) is 0 Å². The van der Waals surface area contributed by atoms with Crippen molar-refractivity contribution < 1.29 is 9.47 Å². The van der Waals surface area contributed by atoms with Crippen LogP contribution in [-0.2, 0) is 9.47 Å². The van der Waals surface area contributed by atoms with E-state index in [1.54, 1.807) is 7.11 Å². The smallest absolute Gasteiger partial charge is 0.191 e. The van der Waals surface area contributed by atoms with E-state index in [-0.39, 0.29) is 0 Å². The zero-order valence-corrected chi connectivity index (χ0v) is 17.6. The molecule has 1 heterocycles. The van der Waals surface area contributed by atoms with E-state index in [9.17, 15) is 0 Å². The van der Waals surface area contributed by atoms with E-state index in [4.69, 9.17) is 9.47 Å². The number of nitrogens with one attached hydrogen (secondary N) is 2. The lowest BCUT2D eigenvalue weighted by atomic mass is 9.55. The summed E-state index contributed by atoms with van der Waals surface area (Å²) in [6, 6.07) is 1.02. The van der Waals surface area contributed by atoms with E-state index >= 15 is 0 Å². The number of hydrogen-bond donors (Lipinski definition) is 2. The zero-order valence-electron chi connectivity index (χ0n) is 17.6. The second-order valence-electron chi connectivity index (χ2n) is 8.50. The average molecular weight is 381 g/mol. The van der Waals surface area contributed by atoms with Gasteiger partial charge in [0.1, 0.15) is 0 Å². The van der Waals surface area contributed by atoms with E-state index in [0.717, 1.165) is 45.2 Å². The first kappa shape index (κ1) is 20.9. The molecule has 0 bridgehead atoms. The molecule has 0 aromatic heterocycles. The predicted octanol–water partition coefficient (Wildman–Crippen LogP) is 2.39. The van der Waals surface area contributed by atoms with Crippen LogP contribution >= 0.6 is 0 Å². The molecule has 27 heavy (non-hydrogen) atoms. The normalized spacial score (nSPS) is 29.5. The number of ether oxygens (including phenoxy) is 2. The SMILES string of the molecule is CCOC1CC(NC(=NC)NC2CCN(CCOC)CC2)C12CCCCC2. The quantitative estimate of drug-likeness (QED) is 0.525. The fourth-order valence-corrected chi connectivity index (χ4v) is 5.32. The lowest BCUT2D eigenvalue weighted by Crippen LogP contribution is -2.67. The van der Waals surface area contributed by atoms with Crippen LogP contribution in [0.2, 0.25) is 0 Å². The number of methoxy groups -OCH3 is 1. The van der Waals surface area contributed by atoms with Crippen LogP contribution in [-0.4, -0.2) is 76.1 Å². The molecule has 6 nitrogen and oxygen atoms in total. The average Bonchev–Trinajstić information content (AvgIpc) is 2.72. The molecule has 3 aliphatic rings. The van der Waals surface area contributed by atoms with Crippen molar-refractivity contribution in [2.75, 3.05) is 47.0 Å². The molecule has 1 spiro atoms. The number of rotatable bonds is 7. The molecule has 1 aliphatic heterocycles. The molecule has 2 unspecified atom stereocenters. The maximum atomic E-state index is 6.09. The van der Waals surface area contributed by atoms with Crippen molar-refractivity contribution in [2.24, 2.45) is 10.4 Å². The number of guanidine groups is 1. The third-order valence-electron chi connectivity index (χ3n) is 7.01. The van der Waals surface area contributed by atoms with Crippen LogP contribution in [0, 0.1) is 5.41 Å². The van der Waals surface area contributed by atoms with Gasteiger partial charge in [0.25, 0.3) is 0 Å². The van der Waals surface area contributed by atoms with Crippen LogP contribution in [0.3, 0.4) is 0 Å². The maximum Gasteiger partial charge on any atom is 0.191 e. The first-order valence-corrected chi connectivity index (χ1v) is 11.0. The van der Waals surface area contributed by atoms with Crippen LogP contribution in [0.15, 0.2) is 4.99 Å². The van der Waals surface area contributed by atoms with E-state index in [2.05, 4.69) is 27.4 Å². The highest BCUT2D eigenvalue weighted by Gasteiger charge is 2.55. The summed E-state index contributed by atoms with van der Waals surface area (Å²) in [5.41, 5.74) is 0.329. The van der Waals surface area contributed by atoms with Crippen molar-refractivity contribution in [2.45, 2.75) is 76.5 Å². The summed E-state index contributed by atoms with van der Waals surface area (Å²) in [6.45, 7) is 7.09. The Kier molecular flexibility index (Phi) is 7.79. The Morgan fingerprint density at radius 3 is 2.52 bits per heavy atom. The molecule has 0 aromatic rings. The fraction of sp³-hybridized carbons (Fsp3) is 0.952. The standard InChI is InChI=1S/C21H40N4O2/c1-4-27-19-16-18(21(19)10-6-5-7-11-21)24-20(22-2)23-17-8-12-25(13-9-17)14-15-26-3/h17-19H,4-16H2,1-3H3,(H2,22,23,24). The third kappa shape index (κ3) is 4.96. The van der Waals surface area contributed by atoms with E-state index in [0.29, 0.717) is 23.6 Å². The molecule has 3 rings (SSSR count). The molecule has 0 radical (unpaired) electrons. The van der Waals surface area contributed by atoms with Gasteiger partial charge in [-0.15, -0.1) is 0 Å². The van der Waals surface area contributed by atoms with Gasteiger partial charge in [-0.05, 0) is 39.0 Å². The third-order valence-corrected chi connectivity index (χ3v) is 7.01. The van der Waals surface area contributed by atoms with E-state index in [1.165, 1.54) is 44.9 Å². The lowest BCUT2D eigenvalue weighted by molar-refractivity contribution is -0.145. The highest BCUT2D eigenvalue weighted by atomic mass is 16.5. The van der Waals surface area contributed by atoms with Gasteiger partial charge >= 0.3 is 0 Å². The molecule has 0 amide bonds. The summed E-state index contributed by atoms with van der Waals surface area (Å²) in [7, 11) is 3.68. The summed E-state index contributed by atoms with van der Waals surface area (Å²) >= 11 is 0. The highest BCUT2D eigenvalue weighted by Crippen LogP contribution is 2.53. The van der Waals surface area contributed by atoms with Gasteiger partial charge in [0.05, 0.1) is 12.7 Å². The van der Waals surface area contributed by atoms with Gasteiger partial charge in [0.2, 0.25) is 0 Å². The van der Waals surface area contributed by atoms with E-state index < -0.39 is 0 Å². The van der Waals surface area contributed by atoms with Gasteiger partial charge in [-0.1, -0.05) is 19.3 Å². The Balaban J connectivity index is 1.49. The number of piperidine rings is 1. The number of aliphatic imine (C=N–C) groups is 1. The summed E-state index contributed by atoms with van der Waals surface area (Å²) in [6.07, 6.45) is 10.5. The van der Waals surface area contributed by atoms with Gasteiger partial charge < -0.3 is 25.0 Å². The minimum absolute atomic E-state index is 0.329. The Morgan fingerprint density at radius 1 is 1.15 bits per heavy atom. The molecule has 1 saturated heterocycles. The van der Waals surface area contributed by atoms with Gasteiger partial charge in [-0.25, -0.2) is 0 Å². The highest BCUT2D eigenvalue weighted by molar-refractivity contribution is 5.80. The molecular formula is C21H40N4O2. The Bertz CT molecular complexity index is 471. The molecule has 2 N–H and O–H groups in total. The molecule has 2 atom stereocenters. The van der Waals surface area contributed by atoms with Crippen LogP contribution in [0.5, 0.6) is 0 Å². The van der Waals surface area contributed by atoms with Gasteiger partial charge in [-0.3, -0.25) is 4.99 Å². The molecule has 2 saturated carbocycles. The van der Waals surface area contributed by atoms with Crippen molar-refractivity contribution in [3.05, 3.63) is 0 Å². The fourth-order valence-electron chi connectivity index (χ4n) is 5.32. The van der Waals surface area contributed by atoms with Crippen LogP contribution in [0.25, 0.3) is 0 Å². The second-order valence-corrected chi connectivity index (χ2v) is 8.50. The lowest BCUT2D eigenvalue weighted by Gasteiger charge is -2.58. The number of nitrogens with zero attached hydrogens (tertiary/aromatic N) is 2. The zero-order chi connectivity index (χ0) is 19.1. The Morgan fingerprint density at radius 2 is 1.89 bits per heavy atom. The largest absolute Gasteiger partial charge is 0.383 e. The van der Waals surface area contributed by atoms with Crippen molar-refractivity contribution in [3.63, 3.8) is 0 Å². The molecule has 6 heteroatoms. The molecule has 156 valence electrons. The Labute approximate surface area is 165 Å². The Hall–Kier alpha value is -0.850. The van der Waals surface area contributed by atoms with Crippen LogP contribution < -0.4 is 10.6 Å². The molecule has 2 aliphatic carbocycles. The monoisotopic (exact) mass is 380 g/mol. The first-order valence-electron chi connectivity index (χ1n) is 11.0. The second kappa shape index (κ2) is 10.1. The minimum Gasteiger partial charge on any atom is -0.383 e. The van der Waals surface area contributed by atoms with Crippen molar-refractivity contribution in [3.8, 4) is 0 Å². The molecular weight excluding hydrogens is 340 g/mol. The van der Waals surface area contributed by atoms with Gasteiger partial charge in [0.15, 0.2) is 5.96 Å². The number of hydrogen-bond acceptors (Lipinski definition) is 4. The molecule has 3 fully saturated rings. The van der Waals surface area contributed by atoms with Gasteiger partial charge in [0, 0.05) is 57.9 Å². The number of likely N-dealkylation sites (tertiary alicyclic amines) is 1. The predicted molar refractivity (Wildman–Crippen MR) is 110 cm³/mol.